The van der Waals surface area contributed by atoms with Crippen molar-refractivity contribution in [2.75, 3.05) is 19.6 Å². The number of nitrogens with zero attached hydrogens (tertiary/aromatic N) is 1. The van der Waals surface area contributed by atoms with Crippen molar-refractivity contribution in [1.29, 1.82) is 0 Å². The number of carbonyl (C=O) groups is 2. The van der Waals surface area contributed by atoms with E-state index in [9.17, 15) is 14.7 Å². The third-order valence-electron chi connectivity index (χ3n) is 3.78. The minimum absolute atomic E-state index is 0.123. The summed E-state index contributed by atoms with van der Waals surface area (Å²) in [4.78, 5) is 25.0. The third kappa shape index (κ3) is 3.17. The second kappa shape index (κ2) is 6.05. The average Bonchev–Trinajstić information content (AvgIpc) is 2.43. The van der Waals surface area contributed by atoms with Crippen molar-refractivity contribution in [3.8, 4) is 0 Å². The van der Waals surface area contributed by atoms with E-state index >= 15 is 0 Å². The van der Waals surface area contributed by atoms with E-state index in [0.717, 1.165) is 11.1 Å². The van der Waals surface area contributed by atoms with E-state index in [-0.39, 0.29) is 12.3 Å². The van der Waals surface area contributed by atoms with E-state index in [0.29, 0.717) is 19.6 Å². The van der Waals surface area contributed by atoms with Crippen LogP contribution in [0.25, 0.3) is 0 Å². The fourth-order valence-electron chi connectivity index (χ4n) is 2.41. The van der Waals surface area contributed by atoms with E-state index in [1.807, 2.05) is 32.0 Å². The summed E-state index contributed by atoms with van der Waals surface area (Å²) in [6, 6.07) is 5.15. The molecule has 1 aromatic carbocycles. The van der Waals surface area contributed by atoms with Crippen molar-refractivity contribution in [3.05, 3.63) is 34.9 Å². The molecule has 20 heavy (non-hydrogen) atoms. The first-order valence-corrected chi connectivity index (χ1v) is 6.78. The van der Waals surface area contributed by atoms with Gasteiger partial charge in [0.15, 0.2) is 0 Å². The highest BCUT2D eigenvalue weighted by Crippen LogP contribution is 2.13. The number of benzene rings is 1. The molecular weight excluding hydrogens is 256 g/mol. The van der Waals surface area contributed by atoms with Crippen LogP contribution < -0.4 is 5.32 Å². The Morgan fingerprint density at radius 2 is 2.10 bits per heavy atom. The van der Waals surface area contributed by atoms with Gasteiger partial charge >= 0.3 is 5.97 Å². The molecule has 0 aliphatic carbocycles. The molecule has 1 fully saturated rings. The Kier molecular flexibility index (Phi) is 4.39. The van der Waals surface area contributed by atoms with Crippen LogP contribution in [-0.4, -0.2) is 47.6 Å². The zero-order valence-electron chi connectivity index (χ0n) is 11.8. The van der Waals surface area contributed by atoms with Gasteiger partial charge < -0.3 is 15.3 Å². The van der Waals surface area contributed by atoms with Crippen LogP contribution in [0.5, 0.6) is 0 Å². The molecule has 1 aliphatic heterocycles. The fraction of sp³-hybridized carbons (Fsp3) is 0.467. The Hall–Kier alpha value is -1.88. The van der Waals surface area contributed by atoms with Gasteiger partial charge in [0.1, 0.15) is 6.04 Å². The first-order valence-electron chi connectivity index (χ1n) is 6.78. The summed E-state index contributed by atoms with van der Waals surface area (Å²) in [5, 5.41) is 12.2. The molecule has 2 rings (SSSR count). The van der Waals surface area contributed by atoms with Crippen molar-refractivity contribution < 1.29 is 14.7 Å². The first kappa shape index (κ1) is 14.5. The van der Waals surface area contributed by atoms with Gasteiger partial charge in [0.05, 0.1) is 6.42 Å². The van der Waals surface area contributed by atoms with Gasteiger partial charge in [-0.2, -0.15) is 0 Å². The maximum Gasteiger partial charge on any atom is 0.327 e. The standard InChI is InChI=1S/C15H20N2O3/c1-10-3-4-12(7-11(10)2)8-14(18)17-6-5-16-9-13(17)15(19)20/h3-4,7,13,16H,5-6,8-9H2,1-2H3,(H,19,20). The van der Waals surface area contributed by atoms with Crippen molar-refractivity contribution in [1.82, 2.24) is 10.2 Å². The van der Waals surface area contributed by atoms with E-state index in [4.69, 9.17) is 0 Å². The molecule has 1 heterocycles. The summed E-state index contributed by atoms with van der Waals surface area (Å²) in [5.74, 6) is -1.08. The van der Waals surface area contributed by atoms with Crippen LogP contribution in [0.2, 0.25) is 0 Å². The number of aryl methyl sites for hydroxylation is 2. The van der Waals surface area contributed by atoms with Crippen molar-refractivity contribution in [2.24, 2.45) is 0 Å². The maximum atomic E-state index is 12.3. The maximum absolute atomic E-state index is 12.3. The van der Waals surface area contributed by atoms with Gasteiger partial charge in [-0.15, -0.1) is 0 Å². The molecule has 0 bridgehead atoms. The Morgan fingerprint density at radius 1 is 1.35 bits per heavy atom. The lowest BCUT2D eigenvalue weighted by Gasteiger charge is -2.33. The number of carboxylic acid groups (broad SMARTS) is 1. The zero-order chi connectivity index (χ0) is 14.7. The van der Waals surface area contributed by atoms with Gasteiger partial charge in [-0.3, -0.25) is 4.79 Å². The number of carbonyl (C=O) groups excluding carboxylic acids is 1. The van der Waals surface area contributed by atoms with Gasteiger partial charge in [0.2, 0.25) is 5.91 Å². The molecule has 5 heteroatoms. The molecule has 1 unspecified atom stereocenters. The minimum Gasteiger partial charge on any atom is -0.480 e. The van der Waals surface area contributed by atoms with Crippen LogP contribution in [-0.2, 0) is 16.0 Å². The second-order valence-electron chi connectivity index (χ2n) is 5.24. The van der Waals surface area contributed by atoms with Gasteiger partial charge in [0, 0.05) is 19.6 Å². The van der Waals surface area contributed by atoms with Crippen molar-refractivity contribution in [3.63, 3.8) is 0 Å². The summed E-state index contributed by atoms with van der Waals surface area (Å²) < 4.78 is 0. The fourth-order valence-corrected chi connectivity index (χ4v) is 2.41. The van der Waals surface area contributed by atoms with Crippen LogP contribution >= 0.6 is 0 Å². The topological polar surface area (TPSA) is 69.6 Å². The lowest BCUT2D eigenvalue weighted by atomic mass is 10.0. The molecule has 0 spiro atoms. The number of carboxylic acids is 1. The lowest BCUT2D eigenvalue weighted by molar-refractivity contribution is -0.150. The minimum atomic E-state index is -0.953. The number of piperazine rings is 1. The Labute approximate surface area is 118 Å². The van der Waals surface area contributed by atoms with Crippen molar-refractivity contribution >= 4 is 11.9 Å². The van der Waals surface area contributed by atoms with E-state index in [2.05, 4.69) is 5.32 Å². The van der Waals surface area contributed by atoms with Gasteiger partial charge in [-0.1, -0.05) is 18.2 Å². The second-order valence-corrected chi connectivity index (χ2v) is 5.24. The predicted octanol–water partition coefficient (Wildman–Crippen LogP) is 0.731. The molecule has 5 nitrogen and oxygen atoms in total. The first-order chi connectivity index (χ1) is 9.49. The molecular formula is C15H20N2O3. The Balaban J connectivity index is 2.09. The van der Waals surface area contributed by atoms with Crippen LogP contribution in [0.15, 0.2) is 18.2 Å². The SMILES string of the molecule is Cc1ccc(CC(=O)N2CCNCC2C(=O)O)cc1C. The molecule has 0 aromatic heterocycles. The average molecular weight is 276 g/mol. The number of hydrogen-bond donors (Lipinski definition) is 2. The molecule has 1 aromatic rings. The van der Waals surface area contributed by atoms with E-state index < -0.39 is 12.0 Å². The number of nitrogens with one attached hydrogen (secondary N) is 1. The largest absolute Gasteiger partial charge is 0.480 e. The normalized spacial score (nSPS) is 18.9. The quantitative estimate of drug-likeness (QED) is 0.854. The summed E-state index contributed by atoms with van der Waals surface area (Å²) in [7, 11) is 0. The smallest absolute Gasteiger partial charge is 0.327 e. The molecule has 2 N–H and O–H groups in total. The van der Waals surface area contributed by atoms with Crippen LogP contribution in [0.3, 0.4) is 0 Å². The highest BCUT2D eigenvalue weighted by molar-refractivity contribution is 5.85. The molecule has 0 saturated carbocycles. The summed E-state index contributed by atoms with van der Waals surface area (Å²) in [5.41, 5.74) is 3.26. The highest BCUT2D eigenvalue weighted by atomic mass is 16.4. The van der Waals surface area contributed by atoms with E-state index in [1.54, 1.807) is 0 Å². The van der Waals surface area contributed by atoms with Crippen LogP contribution in [0, 0.1) is 13.8 Å². The Morgan fingerprint density at radius 3 is 2.75 bits per heavy atom. The van der Waals surface area contributed by atoms with Crippen molar-refractivity contribution in [2.45, 2.75) is 26.3 Å². The summed E-state index contributed by atoms with van der Waals surface area (Å²) in [6.07, 6.45) is 0.255. The van der Waals surface area contributed by atoms with Crippen LogP contribution in [0.4, 0.5) is 0 Å². The summed E-state index contributed by atoms with van der Waals surface area (Å²) >= 11 is 0. The predicted molar refractivity (Wildman–Crippen MR) is 75.6 cm³/mol. The van der Waals surface area contributed by atoms with Crippen LogP contribution in [0.1, 0.15) is 16.7 Å². The lowest BCUT2D eigenvalue weighted by Crippen LogP contribution is -2.57. The number of amides is 1. The zero-order valence-corrected chi connectivity index (χ0v) is 11.8. The molecule has 1 aliphatic rings. The number of aliphatic carboxylic acids is 1. The van der Waals surface area contributed by atoms with Gasteiger partial charge in [-0.05, 0) is 30.5 Å². The number of rotatable bonds is 3. The molecule has 108 valence electrons. The highest BCUT2D eigenvalue weighted by Gasteiger charge is 2.31. The third-order valence-corrected chi connectivity index (χ3v) is 3.78. The molecule has 1 amide bonds. The van der Waals surface area contributed by atoms with E-state index in [1.165, 1.54) is 10.5 Å². The monoisotopic (exact) mass is 276 g/mol. The molecule has 1 atom stereocenters. The number of hydrogen-bond acceptors (Lipinski definition) is 3. The Bertz CT molecular complexity index is 528. The van der Waals surface area contributed by atoms with Gasteiger partial charge in [-0.25, -0.2) is 4.79 Å². The molecule has 1 saturated heterocycles. The molecule has 0 radical (unpaired) electrons. The summed E-state index contributed by atoms with van der Waals surface area (Å²) in [6.45, 7) is 5.43. The van der Waals surface area contributed by atoms with Gasteiger partial charge in [0.25, 0.3) is 0 Å².